The summed E-state index contributed by atoms with van der Waals surface area (Å²) < 4.78 is 10.3. The van der Waals surface area contributed by atoms with Crippen molar-refractivity contribution >= 4 is 16.8 Å². The first-order chi connectivity index (χ1) is 7.08. The number of carbonyl (C=O) groups excluding carboxylic acids is 1. The van der Waals surface area contributed by atoms with Crippen LogP contribution in [0.5, 0.6) is 11.5 Å². The highest BCUT2D eigenvalue weighted by molar-refractivity contribution is 6.63. The van der Waals surface area contributed by atoms with Crippen LogP contribution in [-0.4, -0.2) is 19.5 Å². The van der Waals surface area contributed by atoms with Crippen molar-refractivity contribution in [1.29, 1.82) is 0 Å². The fraction of sp³-hybridized carbons (Fsp3) is 0.364. The van der Waals surface area contributed by atoms with Gasteiger partial charge in [0.05, 0.1) is 14.2 Å². The molecule has 0 fully saturated rings. The highest BCUT2D eigenvalue weighted by Crippen LogP contribution is 2.32. The van der Waals surface area contributed by atoms with Gasteiger partial charge in [0.2, 0.25) is 5.24 Å². The van der Waals surface area contributed by atoms with Crippen LogP contribution in [0.2, 0.25) is 0 Å². The maximum atomic E-state index is 10.8. The van der Waals surface area contributed by atoms with Gasteiger partial charge in [-0.25, -0.2) is 0 Å². The van der Waals surface area contributed by atoms with Crippen molar-refractivity contribution < 1.29 is 14.3 Å². The third kappa shape index (κ3) is 2.86. The molecule has 0 bridgehead atoms. The third-order valence-electron chi connectivity index (χ3n) is 2.07. The van der Waals surface area contributed by atoms with Crippen LogP contribution in [0.25, 0.3) is 0 Å². The number of carbonyl (C=O) groups is 1. The molecular formula is C11H13ClO3. The molecule has 0 unspecified atom stereocenters. The number of benzene rings is 1. The molecular weight excluding hydrogens is 216 g/mol. The molecule has 1 aromatic carbocycles. The molecule has 1 aromatic rings. The van der Waals surface area contributed by atoms with Gasteiger partial charge in [0.1, 0.15) is 0 Å². The maximum absolute atomic E-state index is 10.8. The number of methoxy groups -OCH3 is 2. The van der Waals surface area contributed by atoms with Crippen LogP contribution >= 0.6 is 11.6 Å². The molecule has 15 heavy (non-hydrogen) atoms. The highest BCUT2D eigenvalue weighted by atomic mass is 35.5. The minimum Gasteiger partial charge on any atom is -0.493 e. The van der Waals surface area contributed by atoms with E-state index >= 15 is 0 Å². The lowest BCUT2D eigenvalue weighted by atomic mass is 10.1. The van der Waals surface area contributed by atoms with Crippen LogP contribution < -0.4 is 9.47 Å². The molecule has 1 rings (SSSR count). The monoisotopic (exact) mass is 228 g/mol. The van der Waals surface area contributed by atoms with E-state index in [0.29, 0.717) is 11.5 Å². The lowest BCUT2D eigenvalue weighted by molar-refractivity contribution is -0.111. The molecule has 0 aromatic heterocycles. The van der Waals surface area contributed by atoms with Crippen molar-refractivity contribution in [3.8, 4) is 11.5 Å². The van der Waals surface area contributed by atoms with E-state index in [2.05, 4.69) is 0 Å². The molecule has 0 spiro atoms. The fourth-order valence-electron chi connectivity index (χ4n) is 1.49. The van der Waals surface area contributed by atoms with Crippen LogP contribution in [0.15, 0.2) is 12.1 Å². The van der Waals surface area contributed by atoms with E-state index in [9.17, 15) is 4.79 Å². The second-order valence-electron chi connectivity index (χ2n) is 3.18. The predicted molar refractivity (Wildman–Crippen MR) is 58.8 cm³/mol. The first-order valence-electron chi connectivity index (χ1n) is 4.48. The van der Waals surface area contributed by atoms with Crippen LogP contribution in [-0.2, 0) is 11.2 Å². The summed E-state index contributed by atoms with van der Waals surface area (Å²) >= 11 is 5.32. The normalized spacial score (nSPS) is 9.87. The van der Waals surface area contributed by atoms with Crippen molar-refractivity contribution in [3.63, 3.8) is 0 Å². The number of ether oxygens (including phenoxy) is 2. The molecule has 82 valence electrons. The van der Waals surface area contributed by atoms with E-state index < -0.39 is 0 Å². The van der Waals surface area contributed by atoms with E-state index in [-0.39, 0.29) is 11.7 Å². The molecule has 0 aliphatic heterocycles. The topological polar surface area (TPSA) is 35.5 Å². The van der Waals surface area contributed by atoms with Crippen molar-refractivity contribution in [3.05, 3.63) is 23.3 Å². The van der Waals surface area contributed by atoms with Crippen molar-refractivity contribution in [2.45, 2.75) is 13.3 Å². The Morgan fingerprint density at radius 3 is 2.47 bits per heavy atom. The van der Waals surface area contributed by atoms with Gasteiger partial charge in [-0.2, -0.15) is 0 Å². The molecule has 0 atom stereocenters. The van der Waals surface area contributed by atoms with Crippen LogP contribution in [0.3, 0.4) is 0 Å². The van der Waals surface area contributed by atoms with Crippen LogP contribution in [0.1, 0.15) is 11.1 Å². The number of hydrogen-bond acceptors (Lipinski definition) is 3. The fourth-order valence-corrected chi connectivity index (χ4v) is 1.64. The van der Waals surface area contributed by atoms with Gasteiger partial charge in [0.25, 0.3) is 0 Å². The Morgan fingerprint density at radius 2 is 2.00 bits per heavy atom. The highest BCUT2D eigenvalue weighted by Gasteiger charge is 2.10. The largest absolute Gasteiger partial charge is 0.493 e. The minimum absolute atomic E-state index is 0.197. The number of halogens is 1. The van der Waals surface area contributed by atoms with Gasteiger partial charge in [0.15, 0.2) is 11.5 Å². The zero-order valence-electron chi connectivity index (χ0n) is 8.96. The summed E-state index contributed by atoms with van der Waals surface area (Å²) in [6.45, 7) is 1.89. The smallest absolute Gasteiger partial charge is 0.226 e. The van der Waals surface area contributed by atoms with Crippen molar-refractivity contribution in [2.24, 2.45) is 0 Å². The van der Waals surface area contributed by atoms with Gasteiger partial charge >= 0.3 is 0 Å². The standard InChI is InChI=1S/C11H13ClO3/c1-7-4-8(6-10(12)13)5-9(14-2)11(7)15-3/h4-5H,6H2,1-3H3. The molecule has 0 aliphatic carbocycles. The molecule has 0 heterocycles. The summed E-state index contributed by atoms with van der Waals surface area (Å²) in [7, 11) is 3.14. The molecule has 0 aliphatic rings. The van der Waals surface area contributed by atoms with Gasteiger partial charge in [-0.05, 0) is 35.7 Å². The van der Waals surface area contributed by atoms with E-state index in [1.807, 2.05) is 13.0 Å². The maximum Gasteiger partial charge on any atom is 0.226 e. The SMILES string of the molecule is COc1cc(CC(=O)Cl)cc(C)c1OC. The van der Waals surface area contributed by atoms with Gasteiger partial charge < -0.3 is 9.47 Å². The summed E-state index contributed by atoms with van der Waals surface area (Å²) in [4.78, 5) is 10.8. The Hall–Kier alpha value is -1.22. The first kappa shape index (κ1) is 11.9. The Balaban J connectivity index is 3.13. The van der Waals surface area contributed by atoms with Gasteiger partial charge in [-0.1, -0.05) is 6.07 Å². The lowest BCUT2D eigenvalue weighted by Gasteiger charge is -2.11. The lowest BCUT2D eigenvalue weighted by Crippen LogP contribution is -1.98. The Kier molecular flexibility index (Phi) is 3.97. The summed E-state index contributed by atoms with van der Waals surface area (Å²) in [5, 5.41) is -0.387. The summed E-state index contributed by atoms with van der Waals surface area (Å²) in [6.07, 6.45) is 0.197. The van der Waals surface area contributed by atoms with Gasteiger partial charge in [-0.3, -0.25) is 4.79 Å². The van der Waals surface area contributed by atoms with Crippen LogP contribution in [0, 0.1) is 6.92 Å². The number of rotatable bonds is 4. The van der Waals surface area contributed by atoms with Crippen LogP contribution in [0.4, 0.5) is 0 Å². The first-order valence-corrected chi connectivity index (χ1v) is 4.86. The second-order valence-corrected chi connectivity index (χ2v) is 3.60. The molecule has 0 saturated carbocycles. The molecule has 0 amide bonds. The van der Waals surface area contributed by atoms with E-state index in [1.54, 1.807) is 20.3 Å². The summed E-state index contributed by atoms with van der Waals surface area (Å²) in [6, 6.07) is 3.62. The quantitative estimate of drug-likeness (QED) is 0.742. The molecule has 0 radical (unpaired) electrons. The molecule has 3 nitrogen and oxygen atoms in total. The average Bonchev–Trinajstić information content (AvgIpc) is 2.15. The van der Waals surface area contributed by atoms with E-state index in [0.717, 1.165) is 11.1 Å². The zero-order valence-corrected chi connectivity index (χ0v) is 9.72. The predicted octanol–water partition coefficient (Wildman–Crippen LogP) is 2.32. The Bertz CT molecular complexity index is 374. The Morgan fingerprint density at radius 1 is 1.33 bits per heavy atom. The molecule has 4 heteroatoms. The second kappa shape index (κ2) is 5.03. The molecule has 0 saturated heterocycles. The third-order valence-corrected chi connectivity index (χ3v) is 2.20. The van der Waals surface area contributed by atoms with E-state index in [1.165, 1.54) is 0 Å². The zero-order chi connectivity index (χ0) is 11.4. The average molecular weight is 229 g/mol. The summed E-state index contributed by atoms with van der Waals surface area (Å²) in [5.41, 5.74) is 1.75. The number of aryl methyl sites for hydroxylation is 1. The number of hydrogen-bond donors (Lipinski definition) is 0. The summed E-state index contributed by atoms with van der Waals surface area (Å²) in [5.74, 6) is 1.30. The van der Waals surface area contributed by atoms with E-state index in [4.69, 9.17) is 21.1 Å². The van der Waals surface area contributed by atoms with Crippen molar-refractivity contribution in [1.82, 2.24) is 0 Å². The minimum atomic E-state index is -0.387. The Labute approximate surface area is 93.9 Å². The molecule has 0 N–H and O–H groups in total. The van der Waals surface area contributed by atoms with Gasteiger partial charge in [-0.15, -0.1) is 0 Å². The van der Waals surface area contributed by atoms with Crippen molar-refractivity contribution in [2.75, 3.05) is 14.2 Å². The van der Waals surface area contributed by atoms with Gasteiger partial charge in [0, 0.05) is 6.42 Å².